The summed E-state index contributed by atoms with van der Waals surface area (Å²) in [6.07, 6.45) is 1.50. The van der Waals surface area contributed by atoms with Crippen molar-refractivity contribution in [3.05, 3.63) is 6.92 Å². The van der Waals surface area contributed by atoms with Crippen LogP contribution in [0.5, 0.6) is 0 Å². The van der Waals surface area contributed by atoms with E-state index in [-0.39, 0.29) is 6.10 Å². The van der Waals surface area contributed by atoms with Gasteiger partial charge in [0.25, 0.3) is 0 Å². The third kappa shape index (κ3) is 2.82. The van der Waals surface area contributed by atoms with Crippen LogP contribution in [0.2, 0.25) is 0 Å². The van der Waals surface area contributed by atoms with E-state index in [1.807, 2.05) is 0 Å². The van der Waals surface area contributed by atoms with Crippen LogP contribution in [0.3, 0.4) is 0 Å². The summed E-state index contributed by atoms with van der Waals surface area (Å²) in [4.78, 5) is 0. The molecular weight excluding hydrogens is 116 g/mol. The molecule has 9 heavy (non-hydrogen) atoms. The first-order valence-electron chi connectivity index (χ1n) is 3.39. The Morgan fingerprint density at radius 3 is 3.00 bits per heavy atom. The lowest BCUT2D eigenvalue weighted by Crippen LogP contribution is -2.11. The van der Waals surface area contributed by atoms with Gasteiger partial charge in [0.2, 0.25) is 0 Å². The lowest BCUT2D eigenvalue weighted by Gasteiger charge is -2.07. The maximum atomic E-state index is 5.28. The van der Waals surface area contributed by atoms with Gasteiger partial charge in [0.05, 0.1) is 19.3 Å². The first kappa shape index (κ1) is 7.03. The monoisotopic (exact) mass is 129 g/mol. The van der Waals surface area contributed by atoms with Gasteiger partial charge in [0.1, 0.15) is 6.10 Å². The Morgan fingerprint density at radius 1 is 1.89 bits per heavy atom. The summed E-state index contributed by atoms with van der Waals surface area (Å²) in [5, 5.41) is 0. The quantitative estimate of drug-likeness (QED) is 0.528. The van der Waals surface area contributed by atoms with E-state index in [0.29, 0.717) is 6.10 Å². The number of ether oxygens (including phenoxy) is 2. The molecule has 0 amide bonds. The van der Waals surface area contributed by atoms with E-state index in [1.54, 1.807) is 0 Å². The molecule has 2 atom stereocenters. The van der Waals surface area contributed by atoms with Gasteiger partial charge in [-0.05, 0) is 13.3 Å². The molecule has 0 aromatic carbocycles. The summed E-state index contributed by atoms with van der Waals surface area (Å²) >= 11 is 0. The number of rotatable bonds is 4. The minimum Gasteiger partial charge on any atom is -0.375 e. The largest absolute Gasteiger partial charge is 0.375 e. The molecule has 53 valence electrons. The van der Waals surface area contributed by atoms with Gasteiger partial charge < -0.3 is 9.47 Å². The van der Waals surface area contributed by atoms with Crippen LogP contribution in [0.25, 0.3) is 0 Å². The van der Waals surface area contributed by atoms with Crippen LogP contribution in [0.1, 0.15) is 13.3 Å². The van der Waals surface area contributed by atoms with Crippen molar-refractivity contribution in [1.82, 2.24) is 0 Å². The average molecular weight is 129 g/mol. The second-order valence-corrected chi connectivity index (χ2v) is 2.32. The molecule has 0 spiro atoms. The van der Waals surface area contributed by atoms with Crippen molar-refractivity contribution in [2.24, 2.45) is 0 Å². The summed E-state index contributed by atoms with van der Waals surface area (Å²) in [6.45, 7) is 7.44. The van der Waals surface area contributed by atoms with Crippen molar-refractivity contribution < 1.29 is 9.47 Å². The highest BCUT2D eigenvalue weighted by Gasteiger charge is 2.22. The zero-order chi connectivity index (χ0) is 6.69. The Kier molecular flexibility index (Phi) is 2.49. The summed E-state index contributed by atoms with van der Waals surface area (Å²) in [5.41, 5.74) is 0. The van der Waals surface area contributed by atoms with Crippen LogP contribution in [0, 0.1) is 6.92 Å². The molecule has 1 radical (unpaired) electrons. The smallest absolute Gasteiger partial charge is 0.104 e. The van der Waals surface area contributed by atoms with Crippen molar-refractivity contribution in [2.45, 2.75) is 25.6 Å². The first-order valence-corrected chi connectivity index (χ1v) is 3.39. The summed E-state index contributed by atoms with van der Waals surface area (Å²) in [7, 11) is 0. The van der Waals surface area contributed by atoms with Crippen molar-refractivity contribution in [3.63, 3.8) is 0 Å². The van der Waals surface area contributed by atoms with Crippen molar-refractivity contribution in [1.29, 1.82) is 0 Å². The molecule has 1 aliphatic rings. The van der Waals surface area contributed by atoms with Crippen LogP contribution in [-0.4, -0.2) is 25.4 Å². The van der Waals surface area contributed by atoms with Crippen molar-refractivity contribution >= 4 is 0 Å². The van der Waals surface area contributed by atoms with Gasteiger partial charge in [-0.15, -0.1) is 0 Å². The molecule has 2 heteroatoms. The van der Waals surface area contributed by atoms with Crippen LogP contribution in [0.15, 0.2) is 0 Å². The molecule has 0 aromatic heterocycles. The first-order chi connectivity index (χ1) is 4.33. The number of hydrogen-bond acceptors (Lipinski definition) is 2. The fourth-order valence-corrected chi connectivity index (χ4v) is 0.526. The second-order valence-electron chi connectivity index (χ2n) is 2.32. The highest BCUT2D eigenvalue weighted by molar-refractivity contribution is 4.69. The van der Waals surface area contributed by atoms with Crippen LogP contribution in [-0.2, 0) is 9.47 Å². The predicted octanol–water partition coefficient (Wildman–Crippen LogP) is 1.01. The molecule has 2 nitrogen and oxygen atoms in total. The Morgan fingerprint density at radius 2 is 2.56 bits per heavy atom. The third-order valence-electron chi connectivity index (χ3n) is 1.38. The summed E-state index contributed by atoms with van der Waals surface area (Å²) in [6, 6.07) is 0. The lowest BCUT2D eigenvalue weighted by molar-refractivity contribution is 0.0682. The van der Waals surface area contributed by atoms with Crippen molar-refractivity contribution in [2.75, 3.05) is 13.2 Å². The molecular formula is C7H13O2. The summed E-state index contributed by atoms with van der Waals surface area (Å²) < 4.78 is 10.2. The normalized spacial score (nSPS) is 28.0. The van der Waals surface area contributed by atoms with Gasteiger partial charge in [-0.1, -0.05) is 6.92 Å². The Balaban J connectivity index is 1.90. The molecule has 1 fully saturated rings. The van der Waals surface area contributed by atoms with Gasteiger partial charge in [0, 0.05) is 0 Å². The maximum Gasteiger partial charge on any atom is 0.104 e. The topological polar surface area (TPSA) is 21.8 Å². The molecule has 1 aliphatic heterocycles. The van der Waals surface area contributed by atoms with Crippen molar-refractivity contribution in [3.8, 4) is 0 Å². The Bertz CT molecular complexity index is 79.0. The minimum atomic E-state index is 0.147. The van der Waals surface area contributed by atoms with E-state index in [0.717, 1.165) is 19.6 Å². The van der Waals surface area contributed by atoms with E-state index >= 15 is 0 Å². The Hall–Kier alpha value is -0.0800. The molecule has 0 aromatic rings. The minimum absolute atomic E-state index is 0.147. The fourth-order valence-electron chi connectivity index (χ4n) is 0.526. The molecule has 0 saturated carbocycles. The molecule has 1 rings (SSSR count). The van der Waals surface area contributed by atoms with E-state index in [4.69, 9.17) is 9.47 Å². The molecule has 1 saturated heterocycles. The van der Waals surface area contributed by atoms with E-state index in [1.165, 1.54) is 0 Å². The Labute approximate surface area is 56.2 Å². The van der Waals surface area contributed by atoms with Gasteiger partial charge in [-0.2, -0.15) is 0 Å². The van der Waals surface area contributed by atoms with Gasteiger partial charge in [0.15, 0.2) is 0 Å². The number of epoxide rings is 1. The zero-order valence-corrected chi connectivity index (χ0v) is 5.80. The molecule has 1 heterocycles. The van der Waals surface area contributed by atoms with E-state index in [9.17, 15) is 0 Å². The van der Waals surface area contributed by atoms with Crippen LogP contribution in [0.4, 0.5) is 0 Å². The maximum absolute atomic E-state index is 5.28. The van der Waals surface area contributed by atoms with Gasteiger partial charge in [-0.3, -0.25) is 0 Å². The molecule has 2 unspecified atom stereocenters. The van der Waals surface area contributed by atoms with Crippen LogP contribution >= 0.6 is 0 Å². The van der Waals surface area contributed by atoms with Gasteiger partial charge >= 0.3 is 0 Å². The van der Waals surface area contributed by atoms with Crippen LogP contribution < -0.4 is 0 Å². The molecule has 0 aliphatic carbocycles. The lowest BCUT2D eigenvalue weighted by atomic mass is 10.3. The molecule has 0 N–H and O–H groups in total. The average Bonchev–Trinajstić information content (AvgIpc) is 2.65. The third-order valence-corrected chi connectivity index (χ3v) is 1.38. The fraction of sp³-hybridized carbons (Fsp3) is 0.857. The molecule has 0 bridgehead atoms. The predicted molar refractivity (Wildman–Crippen MR) is 35.1 cm³/mol. The number of hydrogen-bond donors (Lipinski definition) is 0. The van der Waals surface area contributed by atoms with E-state index < -0.39 is 0 Å². The standard InChI is InChI=1S/C7H13O2/c1-3-6(2)8-4-7-5-9-7/h6-7H,2-5H2,1H3. The van der Waals surface area contributed by atoms with E-state index in [2.05, 4.69) is 13.8 Å². The zero-order valence-electron chi connectivity index (χ0n) is 5.80. The SMILES string of the molecule is [CH2]C(CC)OCC1CO1. The second kappa shape index (κ2) is 3.18. The highest BCUT2D eigenvalue weighted by Crippen LogP contribution is 2.10. The highest BCUT2D eigenvalue weighted by atomic mass is 16.6. The van der Waals surface area contributed by atoms with Gasteiger partial charge in [-0.25, -0.2) is 0 Å². The summed E-state index contributed by atoms with van der Waals surface area (Å²) in [5.74, 6) is 0.